The lowest BCUT2D eigenvalue weighted by Crippen LogP contribution is -2.43. The minimum atomic E-state index is -0.427. The van der Waals surface area contributed by atoms with Crippen molar-refractivity contribution in [2.24, 2.45) is 5.92 Å². The van der Waals surface area contributed by atoms with E-state index in [-0.39, 0.29) is 17.6 Å². The highest BCUT2D eigenvalue weighted by molar-refractivity contribution is 6.03. The maximum absolute atomic E-state index is 12.6. The first kappa shape index (κ1) is 15.0. The number of carbonyl (C=O) groups excluding carboxylic acids is 2. The van der Waals surface area contributed by atoms with Crippen LogP contribution in [-0.2, 0) is 4.79 Å². The lowest BCUT2D eigenvalue weighted by atomic mass is 9.89. The minimum Gasteiger partial charge on any atom is -0.478 e. The number of ketones is 1. The molecule has 2 aliphatic rings. The molecule has 0 radical (unpaired) electrons. The van der Waals surface area contributed by atoms with Crippen LogP contribution in [0.3, 0.4) is 0 Å². The van der Waals surface area contributed by atoms with E-state index in [1.54, 1.807) is 18.0 Å². The molecular formula is C17H22N2O3. The number of Topliss-reactive ketones (excluding diaryl/α,β-unsaturated/α-hetero) is 1. The summed E-state index contributed by atoms with van der Waals surface area (Å²) >= 11 is 0. The average molecular weight is 302 g/mol. The van der Waals surface area contributed by atoms with E-state index >= 15 is 0 Å². The predicted molar refractivity (Wildman–Crippen MR) is 84.5 cm³/mol. The lowest BCUT2D eigenvalue weighted by Gasteiger charge is -2.32. The van der Waals surface area contributed by atoms with Crippen molar-refractivity contribution in [2.45, 2.75) is 32.3 Å². The normalized spacial score (nSPS) is 22.2. The van der Waals surface area contributed by atoms with Gasteiger partial charge in [-0.3, -0.25) is 9.59 Å². The summed E-state index contributed by atoms with van der Waals surface area (Å²) in [6, 6.07) is 5.43. The number of nitrogens with one attached hydrogen (secondary N) is 1. The highest BCUT2D eigenvalue weighted by atomic mass is 16.5. The number of carbonyl (C=O) groups is 2. The van der Waals surface area contributed by atoms with E-state index in [0.29, 0.717) is 23.4 Å². The number of fused-ring (bicyclic) bond motifs is 1. The molecule has 1 aromatic carbocycles. The molecule has 1 atom stereocenters. The number of likely N-dealkylation sites (N-methyl/N-ethyl adjacent to an activating group) is 1. The third-order valence-electron chi connectivity index (χ3n) is 4.56. The fourth-order valence-corrected chi connectivity index (χ4v) is 3.15. The van der Waals surface area contributed by atoms with Gasteiger partial charge in [-0.1, -0.05) is 6.92 Å². The Morgan fingerprint density at radius 1 is 1.36 bits per heavy atom. The van der Waals surface area contributed by atoms with Crippen molar-refractivity contribution in [2.75, 3.05) is 25.0 Å². The van der Waals surface area contributed by atoms with Crippen LogP contribution in [0.1, 0.15) is 36.5 Å². The van der Waals surface area contributed by atoms with Crippen LogP contribution < -0.4 is 15.0 Å². The Kier molecular flexibility index (Phi) is 4.16. The molecule has 1 N–H and O–H groups in total. The van der Waals surface area contributed by atoms with Gasteiger partial charge in [0.1, 0.15) is 5.75 Å². The maximum atomic E-state index is 12.6. The number of hydrogen-bond acceptors (Lipinski definition) is 4. The first-order valence-corrected chi connectivity index (χ1v) is 7.95. The van der Waals surface area contributed by atoms with Crippen LogP contribution in [0.4, 0.5) is 5.69 Å². The molecule has 1 unspecified atom stereocenters. The smallest absolute Gasteiger partial charge is 0.267 e. The average Bonchev–Trinajstić information content (AvgIpc) is 2.58. The van der Waals surface area contributed by atoms with E-state index in [2.05, 4.69) is 5.32 Å². The number of nitrogens with zero attached hydrogens (tertiary/aromatic N) is 1. The van der Waals surface area contributed by atoms with Gasteiger partial charge < -0.3 is 15.0 Å². The molecule has 118 valence electrons. The molecule has 0 spiro atoms. The van der Waals surface area contributed by atoms with Crippen LogP contribution in [0.5, 0.6) is 5.75 Å². The quantitative estimate of drug-likeness (QED) is 0.868. The Morgan fingerprint density at radius 3 is 2.77 bits per heavy atom. The fourth-order valence-electron chi connectivity index (χ4n) is 3.15. The van der Waals surface area contributed by atoms with Crippen molar-refractivity contribution in [3.8, 4) is 5.75 Å². The van der Waals surface area contributed by atoms with E-state index in [1.807, 2.05) is 19.1 Å². The van der Waals surface area contributed by atoms with Gasteiger partial charge in [-0.25, -0.2) is 0 Å². The second-order valence-electron chi connectivity index (χ2n) is 5.98. The zero-order valence-electron chi connectivity index (χ0n) is 13.1. The molecule has 2 heterocycles. The van der Waals surface area contributed by atoms with Crippen molar-refractivity contribution in [3.63, 3.8) is 0 Å². The van der Waals surface area contributed by atoms with E-state index in [9.17, 15) is 9.59 Å². The topological polar surface area (TPSA) is 58.6 Å². The van der Waals surface area contributed by atoms with Crippen LogP contribution in [0.25, 0.3) is 0 Å². The fraction of sp³-hybridized carbons (Fsp3) is 0.529. The largest absolute Gasteiger partial charge is 0.478 e. The number of amides is 1. The Bertz CT molecular complexity index is 594. The van der Waals surface area contributed by atoms with Crippen LogP contribution in [0.15, 0.2) is 18.2 Å². The predicted octanol–water partition coefficient (Wildman–Crippen LogP) is 2.00. The Hall–Kier alpha value is -1.88. The molecule has 22 heavy (non-hydrogen) atoms. The van der Waals surface area contributed by atoms with Crippen LogP contribution in [0, 0.1) is 5.92 Å². The van der Waals surface area contributed by atoms with Gasteiger partial charge in [0.15, 0.2) is 11.9 Å². The maximum Gasteiger partial charge on any atom is 0.267 e. The Morgan fingerprint density at radius 2 is 2.09 bits per heavy atom. The van der Waals surface area contributed by atoms with Gasteiger partial charge in [0.25, 0.3) is 5.91 Å². The summed E-state index contributed by atoms with van der Waals surface area (Å²) in [7, 11) is 1.74. The number of rotatable bonds is 3. The first-order chi connectivity index (χ1) is 10.6. The summed E-state index contributed by atoms with van der Waals surface area (Å²) in [5.41, 5.74) is 1.36. The molecule has 1 saturated heterocycles. The monoisotopic (exact) mass is 302 g/mol. The number of hydrogen-bond donors (Lipinski definition) is 1. The molecule has 5 heteroatoms. The summed E-state index contributed by atoms with van der Waals surface area (Å²) in [5.74, 6) is 0.869. The van der Waals surface area contributed by atoms with Crippen molar-refractivity contribution in [1.82, 2.24) is 5.32 Å². The number of piperidine rings is 1. The van der Waals surface area contributed by atoms with E-state index in [4.69, 9.17) is 4.74 Å². The summed E-state index contributed by atoms with van der Waals surface area (Å²) in [5, 5.41) is 3.27. The molecule has 0 aromatic heterocycles. The summed E-state index contributed by atoms with van der Waals surface area (Å²) in [4.78, 5) is 26.4. The molecule has 1 amide bonds. The number of ether oxygens (including phenoxy) is 1. The van der Waals surface area contributed by atoms with Crippen molar-refractivity contribution in [1.29, 1.82) is 0 Å². The number of benzene rings is 1. The molecule has 5 nitrogen and oxygen atoms in total. The van der Waals surface area contributed by atoms with Crippen LogP contribution in [0.2, 0.25) is 0 Å². The molecule has 0 bridgehead atoms. The van der Waals surface area contributed by atoms with Crippen molar-refractivity contribution < 1.29 is 14.3 Å². The summed E-state index contributed by atoms with van der Waals surface area (Å²) in [6.07, 6.45) is 1.96. The van der Waals surface area contributed by atoms with Gasteiger partial charge in [0, 0.05) is 18.5 Å². The third kappa shape index (κ3) is 2.61. The zero-order valence-corrected chi connectivity index (χ0v) is 13.1. The van der Waals surface area contributed by atoms with Gasteiger partial charge in [-0.2, -0.15) is 0 Å². The van der Waals surface area contributed by atoms with Gasteiger partial charge in [0.2, 0.25) is 0 Å². The molecule has 3 rings (SSSR count). The molecule has 2 aliphatic heterocycles. The summed E-state index contributed by atoms with van der Waals surface area (Å²) in [6.45, 7) is 3.71. The van der Waals surface area contributed by atoms with Gasteiger partial charge in [-0.05, 0) is 50.6 Å². The highest BCUT2D eigenvalue weighted by Gasteiger charge is 2.32. The second-order valence-corrected chi connectivity index (χ2v) is 5.98. The zero-order chi connectivity index (χ0) is 15.7. The van der Waals surface area contributed by atoms with Crippen molar-refractivity contribution in [3.05, 3.63) is 23.8 Å². The minimum absolute atomic E-state index is 0.0542. The van der Waals surface area contributed by atoms with Gasteiger partial charge >= 0.3 is 0 Å². The first-order valence-electron chi connectivity index (χ1n) is 7.95. The Labute approximate surface area is 130 Å². The Balaban J connectivity index is 1.87. The lowest BCUT2D eigenvalue weighted by molar-refractivity contribution is -0.126. The molecule has 1 aromatic rings. The molecular weight excluding hydrogens is 280 g/mol. The van der Waals surface area contributed by atoms with E-state index < -0.39 is 6.10 Å². The SMILES string of the molecule is CCC1Oc2ccc(C(=O)C3CCNCC3)cc2N(C)C1=O. The standard InChI is InChI=1S/C17H22N2O3/c1-3-14-17(21)19(2)13-10-12(4-5-15(13)22-14)16(20)11-6-8-18-9-7-11/h4-5,10-11,14,18H,3,6-9H2,1-2H3. The molecule has 0 saturated carbocycles. The molecule has 0 aliphatic carbocycles. The van der Waals surface area contributed by atoms with E-state index in [0.717, 1.165) is 25.9 Å². The molecule has 1 fully saturated rings. The number of anilines is 1. The summed E-state index contributed by atoms with van der Waals surface area (Å²) < 4.78 is 5.73. The van der Waals surface area contributed by atoms with Gasteiger partial charge in [0.05, 0.1) is 5.69 Å². The highest BCUT2D eigenvalue weighted by Crippen LogP contribution is 2.35. The second kappa shape index (κ2) is 6.08. The van der Waals surface area contributed by atoms with E-state index in [1.165, 1.54) is 0 Å². The van der Waals surface area contributed by atoms with Gasteiger partial charge in [-0.15, -0.1) is 0 Å². The van der Waals surface area contributed by atoms with Crippen LogP contribution >= 0.6 is 0 Å². The van der Waals surface area contributed by atoms with Crippen LogP contribution in [-0.4, -0.2) is 37.9 Å². The van der Waals surface area contributed by atoms with Crippen molar-refractivity contribution >= 4 is 17.4 Å². The third-order valence-corrected chi connectivity index (χ3v) is 4.56.